The van der Waals surface area contributed by atoms with Crippen LogP contribution < -0.4 is 10.1 Å². The highest BCUT2D eigenvalue weighted by Gasteiger charge is 2.10. The molecular weight excluding hydrogens is 277 g/mol. The number of ether oxygens (including phenoxy) is 1. The van der Waals surface area contributed by atoms with E-state index in [0.717, 1.165) is 22.8 Å². The molecule has 0 bridgehead atoms. The Morgan fingerprint density at radius 2 is 2.12 bits per heavy atom. The second-order valence-corrected chi connectivity index (χ2v) is 5.69. The summed E-state index contributed by atoms with van der Waals surface area (Å²) in [4.78, 5) is 0. The number of benzene rings is 1. The van der Waals surface area contributed by atoms with Crippen LogP contribution in [0, 0.1) is 0 Å². The summed E-state index contributed by atoms with van der Waals surface area (Å²) < 4.78 is 5.73. The van der Waals surface area contributed by atoms with Crippen molar-refractivity contribution < 1.29 is 4.74 Å². The summed E-state index contributed by atoms with van der Waals surface area (Å²) in [6, 6.07) is 3.59. The third-order valence-electron chi connectivity index (χ3n) is 2.13. The van der Waals surface area contributed by atoms with E-state index < -0.39 is 0 Å². The fourth-order valence-corrected chi connectivity index (χ4v) is 2.52. The van der Waals surface area contributed by atoms with E-state index in [1.54, 1.807) is 6.07 Å². The van der Waals surface area contributed by atoms with Gasteiger partial charge < -0.3 is 10.1 Å². The van der Waals surface area contributed by atoms with Gasteiger partial charge in [0.25, 0.3) is 0 Å². The minimum atomic E-state index is 0.573. The zero-order valence-corrected chi connectivity index (χ0v) is 12.4. The number of rotatable bonds is 7. The topological polar surface area (TPSA) is 21.3 Å². The summed E-state index contributed by atoms with van der Waals surface area (Å²) in [6.07, 6.45) is 0. The molecule has 0 heterocycles. The number of hydrogen-bond acceptors (Lipinski definition) is 3. The van der Waals surface area contributed by atoms with Crippen LogP contribution in [-0.2, 0) is 6.54 Å². The first kappa shape index (κ1) is 15.0. The Morgan fingerprint density at radius 1 is 1.35 bits per heavy atom. The second-order valence-electron chi connectivity index (χ2n) is 3.45. The predicted molar refractivity (Wildman–Crippen MR) is 77.7 cm³/mol. The first-order chi connectivity index (χ1) is 8.19. The van der Waals surface area contributed by atoms with Crippen LogP contribution in [-0.4, -0.2) is 25.2 Å². The van der Waals surface area contributed by atoms with Gasteiger partial charge in [0, 0.05) is 22.9 Å². The number of nitrogens with one attached hydrogen (secondary N) is 1. The van der Waals surface area contributed by atoms with Gasteiger partial charge in [0.15, 0.2) is 0 Å². The quantitative estimate of drug-likeness (QED) is 0.772. The zero-order valence-electron chi connectivity index (χ0n) is 10.1. The Balaban J connectivity index is 2.73. The monoisotopic (exact) mass is 293 g/mol. The fourth-order valence-electron chi connectivity index (χ4n) is 1.44. The van der Waals surface area contributed by atoms with Crippen molar-refractivity contribution in [1.29, 1.82) is 0 Å². The number of hydrogen-bond donors (Lipinski definition) is 1. The molecule has 1 N–H and O–H groups in total. The molecule has 0 fully saturated rings. The van der Waals surface area contributed by atoms with Gasteiger partial charge in [-0.05, 0) is 24.9 Å². The highest BCUT2D eigenvalue weighted by Crippen LogP contribution is 2.32. The SMILES string of the molecule is CCSCCOc1c(Cl)cc(Cl)cc1CNC. The van der Waals surface area contributed by atoms with E-state index in [0.29, 0.717) is 23.2 Å². The van der Waals surface area contributed by atoms with Crippen LogP contribution in [0.2, 0.25) is 10.0 Å². The molecule has 0 aliphatic heterocycles. The van der Waals surface area contributed by atoms with Crippen LogP contribution in [0.1, 0.15) is 12.5 Å². The lowest BCUT2D eigenvalue weighted by Crippen LogP contribution is -2.09. The Labute approximate surface area is 117 Å². The van der Waals surface area contributed by atoms with Crippen LogP contribution in [0.5, 0.6) is 5.75 Å². The van der Waals surface area contributed by atoms with Crippen LogP contribution in [0.4, 0.5) is 0 Å². The summed E-state index contributed by atoms with van der Waals surface area (Å²) in [5.41, 5.74) is 0.992. The van der Waals surface area contributed by atoms with E-state index in [-0.39, 0.29) is 0 Å². The van der Waals surface area contributed by atoms with E-state index in [1.807, 2.05) is 24.9 Å². The van der Waals surface area contributed by atoms with E-state index in [1.165, 1.54) is 0 Å². The standard InChI is InChI=1S/C12H17Cl2NOS/c1-3-17-5-4-16-12-9(8-15-2)6-10(13)7-11(12)14/h6-7,15H,3-5,8H2,1-2H3. The zero-order chi connectivity index (χ0) is 12.7. The highest BCUT2D eigenvalue weighted by atomic mass is 35.5. The van der Waals surface area contributed by atoms with Gasteiger partial charge in [0.1, 0.15) is 5.75 Å². The van der Waals surface area contributed by atoms with Crippen molar-refractivity contribution in [2.24, 2.45) is 0 Å². The molecule has 0 aliphatic carbocycles. The van der Waals surface area contributed by atoms with Crippen molar-refractivity contribution in [3.8, 4) is 5.75 Å². The van der Waals surface area contributed by atoms with Gasteiger partial charge in [-0.25, -0.2) is 0 Å². The molecule has 0 amide bonds. The first-order valence-corrected chi connectivity index (χ1v) is 7.43. The third-order valence-corrected chi connectivity index (χ3v) is 3.49. The third kappa shape index (κ3) is 4.96. The summed E-state index contributed by atoms with van der Waals surface area (Å²) in [5, 5.41) is 4.29. The van der Waals surface area contributed by atoms with Gasteiger partial charge in [0.2, 0.25) is 0 Å². The van der Waals surface area contributed by atoms with Crippen LogP contribution in [0.25, 0.3) is 0 Å². The summed E-state index contributed by atoms with van der Waals surface area (Å²) in [6.45, 7) is 3.49. The van der Waals surface area contributed by atoms with Gasteiger partial charge in [0.05, 0.1) is 11.6 Å². The Kier molecular flexibility index (Phi) is 7.12. The molecule has 0 aliphatic rings. The molecular formula is C12H17Cl2NOS. The minimum Gasteiger partial charge on any atom is -0.491 e. The van der Waals surface area contributed by atoms with Gasteiger partial charge in [-0.2, -0.15) is 11.8 Å². The van der Waals surface area contributed by atoms with E-state index in [2.05, 4.69) is 12.2 Å². The smallest absolute Gasteiger partial charge is 0.142 e. The van der Waals surface area contributed by atoms with Crippen molar-refractivity contribution in [1.82, 2.24) is 5.32 Å². The van der Waals surface area contributed by atoms with E-state index in [9.17, 15) is 0 Å². The molecule has 1 aromatic carbocycles. The van der Waals surface area contributed by atoms with Gasteiger partial charge in [-0.1, -0.05) is 30.1 Å². The minimum absolute atomic E-state index is 0.573. The van der Waals surface area contributed by atoms with Crippen molar-refractivity contribution >= 4 is 35.0 Å². The summed E-state index contributed by atoms with van der Waals surface area (Å²) >= 11 is 14.0. The molecule has 5 heteroatoms. The molecule has 0 saturated heterocycles. The van der Waals surface area contributed by atoms with Crippen LogP contribution in [0.3, 0.4) is 0 Å². The Hall–Kier alpha value is -0.0900. The molecule has 0 aromatic heterocycles. The lowest BCUT2D eigenvalue weighted by atomic mass is 10.2. The van der Waals surface area contributed by atoms with Gasteiger partial charge in [-0.15, -0.1) is 0 Å². The second kappa shape index (κ2) is 8.09. The lowest BCUT2D eigenvalue weighted by molar-refractivity contribution is 0.339. The first-order valence-electron chi connectivity index (χ1n) is 5.52. The lowest BCUT2D eigenvalue weighted by Gasteiger charge is -2.13. The molecule has 0 spiro atoms. The Bertz CT molecular complexity index is 361. The molecule has 0 atom stereocenters. The van der Waals surface area contributed by atoms with Crippen molar-refractivity contribution in [3.63, 3.8) is 0 Å². The largest absolute Gasteiger partial charge is 0.491 e. The maximum Gasteiger partial charge on any atom is 0.142 e. The Morgan fingerprint density at radius 3 is 2.76 bits per heavy atom. The molecule has 0 unspecified atom stereocenters. The molecule has 1 rings (SSSR count). The number of halogens is 2. The fraction of sp³-hybridized carbons (Fsp3) is 0.500. The normalized spacial score (nSPS) is 10.6. The molecule has 0 saturated carbocycles. The average molecular weight is 294 g/mol. The molecule has 96 valence electrons. The van der Waals surface area contributed by atoms with E-state index >= 15 is 0 Å². The van der Waals surface area contributed by atoms with Crippen LogP contribution >= 0.6 is 35.0 Å². The molecule has 17 heavy (non-hydrogen) atoms. The van der Waals surface area contributed by atoms with Crippen molar-refractivity contribution in [2.45, 2.75) is 13.5 Å². The summed E-state index contributed by atoms with van der Waals surface area (Å²) in [7, 11) is 1.88. The summed E-state index contributed by atoms with van der Waals surface area (Å²) in [5.74, 6) is 2.80. The van der Waals surface area contributed by atoms with E-state index in [4.69, 9.17) is 27.9 Å². The van der Waals surface area contributed by atoms with Gasteiger partial charge in [-0.3, -0.25) is 0 Å². The average Bonchev–Trinajstić information content (AvgIpc) is 2.27. The van der Waals surface area contributed by atoms with Gasteiger partial charge >= 0.3 is 0 Å². The molecule has 2 nitrogen and oxygen atoms in total. The van der Waals surface area contributed by atoms with Crippen molar-refractivity contribution in [2.75, 3.05) is 25.2 Å². The van der Waals surface area contributed by atoms with Crippen molar-refractivity contribution in [3.05, 3.63) is 27.7 Å². The number of thioether (sulfide) groups is 1. The maximum absolute atomic E-state index is 6.14. The molecule has 0 radical (unpaired) electrons. The maximum atomic E-state index is 6.14. The predicted octanol–water partition coefficient (Wildman–Crippen LogP) is 3.84. The molecule has 1 aromatic rings. The highest BCUT2D eigenvalue weighted by molar-refractivity contribution is 7.99. The van der Waals surface area contributed by atoms with Crippen LogP contribution in [0.15, 0.2) is 12.1 Å².